The van der Waals surface area contributed by atoms with Crippen molar-refractivity contribution in [1.29, 1.82) is 0 Å². The molecule has 0 radical (unpaired) electrons. The van der Waals surface area contributed by atoms with Crippen molar-refractivity contribution >= 4 is 5.97 Å². The first-order valence-electron chi connectivity index (χ1n) is 6.34. The van der Waals surface area contributed by atoms with Crippen LogP contribution in [0.15, 0.2) is 24.4 Å². The Morgan fingerprint density at radius 1 is 1.18 bits per heavy atom. The monoisotopic (exact) mass is 311 g/mol. The molecule has 0 aliphatic carbocycles. The zero-order chi connectivity index (χ0) is 16.3. The Kier molecular flexibility index (Phi) is 4.65. The standard InChI is InChI=1S/C15H12F3NO3/c1-3-22-15(20)10-4-8(7-19-14(10)18)9-5-12(17)13(21-2)6-11(9)16/h4-7H,3H2,1-2H3. The summed E-state index contributed by atoms with van der Waals surface area (Å²) in [5, 5.41) is 0. The van der Waals surface area contributed by atoms with E-state index in [4.69, 9.17) is 0 Å². The highest BCUT2D eigenvalue weighted by atomic mass is 19.1. The maximum atomic E-state index is 14.0. The number of methoxy groups -OCH3 is 1. The van der Waals surface area contributed by atoms with Crippen molar-refractivity contribution in [3.8, 4) is 16.9 Å². The normalized spacial score (nSPS) is 10.4. The number of rotatable bonds is 4. The lowest BCUT2D eigenvalue weighted by atomic mass is 10.0. The number of carbonyl (C=O) groups is 1. The molecule has 1 heterocycles. The second kappa shape index (κ2) is 6.46. The van der Waals surface area contributed by atoms with E-state index >= 15 is 0 Å². The van der Waals surface area contributed by atoms with E-state index in [0.717, 1.165) is 24.4 Å². The molecule has 0 aliphatic heterocycles. The average Bonchev–Trinajstić information content (AvgIpc) is 2.50. The largest absolute Gasteiger partial charge is 0.494 e. The molecular formula is C15H12F3NO3. The number of pyridine rings is 1. The number of hydrogen-bond acceptors (Lipinski definition) is 4. The number of carbonyl (C=O) groups excluding carboxylic acids is 1. The fourth-order valence-corrected chi connectivity index (χ4v) is 1.85. The molecule has 0 amide bonds. The number of nitrogens with zero attached hydrogens (tertiary/aromatic N) is 1. The van der Waals surface area contributed by atoms with Crippen LogP contribution in [0.2, 0.25) is 0 Å². The minimum atomic E-state index is -1.04. The summed E-state index contributed by atoms with van der Waals surface area (Å²) in [5.74, 6) is -3.82. The van der Waals surface area contributed by atoms with E-state index in [-0.39, 0.29) is 23.5 Å². The number of aromatic nitrogens is 1. The van der Waals surface area contributed by atoms with E-state index in [1.807, 2.05) is 0 Å². The summed E-state index contributed by atoms with van der Waals surface area (Å²) in [4.78, 5) is 15.0. The summed E-state index contributed by atoms with van der Waals surface area (Å²) in [6, 6.07) is 2.81. The van der Waals surface area contributed by atoms with Crippen LogP contribution >= 0.6 is 0 Å². The van der Waals surface area contributed by atoms with Gasteiger partial charge in [-0.25, -0.2) is 18.6 Å². The second-order valence-electron chi connectivity index (χ2n) is 4.25. The first-order chi connectivity index (χ1) is 10.5. The molecule has 0 atom stereocenters. The SMILES string of the molecule is CCOC(=O)c1cc(-c2cc(F)c(OC)cc2F)cnc1F. The highest BCUT2D eigenvalue weighted by molar-refractivity contribution is 5.90. The van der Waals surface area contributed by atoms with Crippen molar-refractivity contribution in [2.24, 2.45) is 0 Å². The fraction of sp³-hybridized carbons (Fsp3) is 0.200. The molecule has 0 N–H and O–H groups in total. The zero-order valence-corrected chi connectivity index (χ0v) is 11.8. The molecule has 0 fully saturated rings. The van der Waals surface area contributed by atoms with Gasteiger partial charge in [-0.1, -0.05) is 0 Å². The number of halogens is 3. The van der Waals surface area contributed by atoms with E-state index in [9.17, 15) is 18.0 Å². The molecule has 0 bridgehead atoms. The number of esters is 1. The molecule has 0 unspecified atom stereocenters. The van der Waals surface area contributed by atoms with Gasteiger partial charge in [-0.2, -0.15) is 4.39 Å². The molecule has 0 saturated carbocycles. The van der Waals surface area contributed by atoms with Crippen molar-refractivity contribution in [3.05, 3.63) is 47.5 Å². The van der Waals surface area contributed by atoms with E-state index in [0.29, 0.717) is 0 Å². The van der Waals surface area contributed by atoms with E-state index in [1.54, 1.807) is 6.92 Å². The van der Waals surface area contributed by atoms with Crippen molar-refractivity contribution < 1.29 is 27.4 Å². The minimum Gasteiger partial charge on any atom is -0.494 e. The molecule has 0 aliphatic rings. The number of hydrogen-bond donors (Lipinski definition) is 0. The molecule has 22 heavy (non-hydrogen) atoms. The summed E-state index contributed by atoms with van der Waals surface area (Å²) in [6.07, 6.45) is 1.00. The Morgan fingerprint density at radius 3 is 2.55 bits per heavy atom. The quantitative estimate of drug-likeness (QED) is 0.642. The lowest BCUT2D eigenvalue weighted by Crippen LogP contribution is -2.09. The lowest BCUT2D eigenvalue weighted by Gasteiger charge is -2.09. The molecule has 0 spiro atoms. The predicted molar refractivity (Wildman–Crippen MR) is 72.1 cm³/mol. The Hall–Kier alpha value is -2.57. The molecule has 1 aromatic carbocycles. The predicted octanol–water partition coefficient (Wildman–Crippen LogP) is 3.35. The molecule has 4 nitrogen and oxygen atoms in total. The number of ether oxygens (including phenoxy) is 2. The Labute approximate surface area is 124 Å². The molecule has 2 aromatic rings. The highest BCUT2D eigenvalue weighted by Crippen LogP contribution is 2.29. The van der Waals surface area contributed by atoms with Crippen LogP contribution in [0, 0.1) is 17.6 Å². The minimum absolute atomic E-state index is 0.0449. The van der Waals surface area contributed by atoms with Crippen LogP contribution < -0.4 is 4.74 Å². The smallest absolute Gasteiger partial charge is 0.342 e. The molecule has 7 heteroatoms. The van der Waals surface area contributed by atoms with Crippen LogP contribution in [0.25, 0.3) is 11.1 Å². The van der Waals surface area contributed by atoms with Crippen LogP contribution in [0.1, 0.15) is 17.3 Å². The first-order valence-corrected chi connectivity index (χ1v) is 6.34. The van der Waals surface area contributed by atoms with Gasteiger partial charge < -0.3 is 9.47 Å². The third-order valence-electron chi connectivity index (χ3n) is 2.89. The third-order valence-corrected chi connectivity index (χ3v) is 2.89. The third kappa shape index (κ3) is 3.03. The van der Waals surface area contributed by atoms with Crippen LogP contribution in [0.3, 0.4) is 0 Å². The Morgan fingerprint density at radius 2 is 1.91 bits per heavy atom. The van der Waals surface area contributed by atoms with Crippen LogP contribution in [0.5, 0.6) is 5.75 Å². The van der Waals surface area contributed by atoms with Crippen molar-refractivity contribution in [2.75, 3.05) is 13.7 Å². The van der Waals surface area contributed by atoms with Gasteiger partial charge in [0.05, 0.1) is 13.7 Å². The summed E-state index contributed by atoms with van der Waals surface area (Å²) in [6.45, 7) is 1.61. The second-order valence-corrected chi connectivity index (χ2v) is 4.25. The van der Waals surface area contributed by atoms with Gasteiger partial charge in [0.25, 0.3) is 0 Å². The van der Waals surface area contributed by atoms with Crippen LogP contribution in [-0.2, 0) is 4.74 Å². The molecule has 2 rings (SSSR count). The number of benzene rings is 1. The molecular weight excluding hydrogens is 299 g/mol. The van der Waals surface area contributed by atoms with Gasteiger partial charge in [0.15, 0.2) is 11.6 Å². The van der Waals surface area contributed by atoms with E-state index in [1.165, 1.54) is 7.11 Å². The van der Waals surface area contributed by atoms with Crippen molar-refractivity contribution in [3.63, 3.8) is 0 Å². The zero-order valence-electron chi connectivity index (χ0n) is 11.8. The molecule has 1 aromatic heterocycles. The van der Waals surface area contributed by atoms with Crippen molar-refractivity contribution in [1.82, 2.24) is 4.98 Å². The first kappa shape index (κ1) is 15.8. The van der Waals surface area contributed by atoms with Gasteiger partial charge in [0.1, 0.15) is 11.4 Å². The lowest BCUT2D eigenvalue weighted by molar-refractivity contribution is 0.0520. The van der Waals surface area contributed by atoms with Crippen LogP contribution in [0.4, 0.5) is 13.2 Å². The fourth-order valence-electron chi connectivity index (χ4n) is 1.85. The summed E-state index contributed by atoms with van der Waals surface area (Å²) >= 11 is 0. The average molecular weight is 311 g/mol. The van der Waals surface area contributed by atoms with Crippen molar-refractivity contribution in [2.45, 2.75) is 6.92 Å². The van der Waals surface area contributed by atoms with Gasteiger partial charge >= 0.3 is 5.97 Å². The molecule has 0 saturated heterocycles. The summed E-state index contributed by atoms with van der Waals surface area (Å²) < 4.78 is 50.6. The maximum absolute atomic E-state index is 14.0. The van der Waals surface area contributed by atoms with E-state index < -0.39 is 29.1 Å². The van der Waals surface area contributed by atoms with Crippen LogP contribution in [-0.4, -0.2) is 24.7 Å². The molecule has 116 valence electrons. The van der Waals surface area contributed by atoms with Gasteiger partial charge in [0.2, 0.25) is 5.95 Å². The maximum Gasteiger partial charge on any atom is 0.342 e. The highest BCUT2D eigenvalue weighted by Gasteiger charge is 2.18. The Balaban J connectivity index is 2.52. The van der Waals surface area contributed by atoms with Gasteiger partial charge in [-0.05, 0) is 19.1 Å². The Bertz CT molecular complexity index is 719. The van der Waals surface area contributed by atoms with Gasteiger partial charge in [-0.3, -0.25) is 0 Å². The van der Waals surface area contributed by atoms with Gasteiger partial charge in [0, 0.05) is 23.4 Å². The summed E-state index contributed by atoms with van der Waals surface area (Å²) in [7, 11) is 1.20. The van der Waals surface area contributed by atoms with E-state index in [2.05, 4.69) is 14.5 Å². The topological polar surface area (TPSA) is 48.4 Å². The summed E-state index contributed by atoms with van der Waals surface area (Å²) in [5.41, 5.74) is -0.574. The van der Waals surface area contributed by atoms with Gasteiger partial charge in [-0.15, -0.1) is 0 Å².